The van der Waals surface area contributed by atoms with Crippen LogP contribution in [-0.2, 0) is 14.4 Å². The van der Waals surface area contributed by atoms with Gasteiger partial charge in [-0.1, -0.05) is 12.1 Å². The van der Waals surface area contributed by atoms with Crippen LogP contribution in [0.2, 0.25) is 0 Å². The van der Waals surface area contributed by atoms with Crippen LogP contribution in [0, 0.1) is 5.92 Å². The van der Waals surface area contributed by atoms with Gasteiger partial charge in [0.15, 0.2) is 0 Å². The lowest BCUT2D eigenvalue weighted by atomic mass is 9.94. The van der Waals surface area contributed by atoms with Crippen LogP contribution in [0.25, 0.3) is 6.08 Å². The Labute approximate surface area is 146 Å². The average Bonchev–Trinajstić information content (AvgIpc) is 2.60. The van der Waals surface area contributed by atoms with Crippen molar-refractivity contribution < 1.29 is 29.9 Å². The van der Waals surface area contributed by atoms with E-state index in [4.69, 9.17) is 15.2 Å². The number of phenols is 1. The molecular weight excluding hydrogens is 328 g/mol. The van der Waals surface area contributed by atoms with Gasteiger partial charge in [0.05, 0.1) is 12.0 Å². The van der Waals surface area contributed by atoms with Crippen LogP contribution in [-0.4, -0.2) is 58.2 Å². The van der Waals surface area contributed by atoms with Crippen molar-refractivity contribution in [3.63, 3.8) is 0 Å². The molecule has 138 valence electrons. The van der Waals surface area contributed by atoms with Crippen molar-refractivity contribution in [2.45, 2.75) is 19.3 Å². The molecule has 1 heterocycles. The molecule has 0 atom stereocenters. The van der Waals surface area contributed by atoms with E-state index in [9.17, 15) is 9.90 Å². The first-order chi connectivity index (χ1) is 12.0. The first-order valence-corrected chi connectivity index (χ1v) is 8.20. The molecule has 0 saturated carbocycles. The molecule has 25 heavy (non-hydrogen) atoms. The van der Waals surface area contributed by atoms with Crippen LogP contribution in [0.1, 0.15) is 24.8 Å². The van der Waals surface area contributed by atoms with Gasteiger partial charge in [0, 0.05) is 19.2 Å². The zero-order valence-corrected chi connectivity index (χ0v) is 14.0. The molecule has 0 bridgehead atoms. The maximum atomic E-state index is 11.7. The smallest absolute Gasteiger partial charge is 0.332 e. The molecule has 1 aliphatic rings. The van der Waals surface area contributed by atoms with Crippen molar-refractivity contribution in [1.29, 1.82) is 0 Å². The maximum absolute atomic E-state index is 11.7. The van der Waals surface area contributed by atoms with Crippen molar-refractivity contribution >= 4 is 12.0 Å². The molecule has 2 rings (SSSR count). The SMILES string of the molecule is O=C(/C=C/c1ccc(O)cc1)OCN1CCC(CCON(O)O)CC1. The number of phenolic OH excluding ortho intramolecular Hbond substituents is 1. The van der Waals surface area contributed by atoms with Crippen LogP contribution in [0.3, 0.4) is 0 Å². The van der Waals surface area contributed by atoms with E-state index in [0.717, 1.165) is 37.9 Å². The third-order valence-electron chi connectivity index (χ3n) is 4.13. The third kappa shape index (κ3) is 7.63. The summed E-state index contributed by atoms with van der Waals surface area (Å²) in [6.45, 7) is 2.15. The summed E-state index contributed by atoms with van der Waals surface area (Å²) >= 11 is 0. The van der Waals surface area contributed by atoms with Crippen LogP contribution >= 0.6 is 0 Å². The summed E-state index contributed by atoms with van der Waals surface area (Å²) < 4.78 is 5.23. The Morgan fingerprint density at radius 2 is 1.92 bits per heavy atom. The Balaban J connectivity index is 1.62. The molecule has 0 amide bonds. The number of hydrogen-bond donors (Lipinski definition) is 3. The largest absolute Gasteiger partial charge is 0.508 e. The summed E-state index contributed by atoms with van der Waals surface area (Å²) in [6, 6.07) is 6.53. The normalized spacial score (nSPS) is 16.6. The number of aromatic hydroxyl groups is 1. The second-order valence-electron chi connectivity index (χ2n) is 5.95. The summed E-state index contributed by atoms with van der Waals surface area (Å²) in [4.78, 5) is 18.4. The molecule has 0 aliphatic carbocycles. The first kappa shape index (κ1) is 19.4. The van der Waals surface area contributed by atoms with Crippen LogP contribution in [0.4, 0.5) is 0 Å². The number of piperidine rings is 1. The first-order valence-electron chi connectivity index (χ1n) is 8.20. The van der Waals surface area contributed by atoms with Gasteiger partial charge in [0.2, 0.25) is 0 Å². The van der Waals surface area contributed by atoms with Crippen LogP contribution in [0.5, 0.6) is 5.75 Å². The van der Waals surface area contributed by atoms with Gasteiger partial charge in [-0.3, -0.25) is 20.2 Å². The lowest BCUT2D eigenvalue weighted by Gasteiger charge is -2.31. The minimum atomic E-state index is -0.408. The minimum Gasteiger partial charge on any atom is -0.508 e. The van der Waals surface area contributed by atoms with Crippen LogP contribution < -0.4 is 0 Å². The number of rotatable bonds is 8. The molecule has 0 aromatic heterocycles. The van der Waals surface area contributed by atoms with E-state index in [1.54, 1.807) is 30.3 Å². The van der Waals surface area contributed by atoms with E-state index >= 15 is 0 Å². The monoisotopic (exact) mass is 352 g/mol. The number of likely N-dealkylation sites (tertiary alicyclic amines) is 1. The number of hydrogen-bond acceptors (Lipinski definition) is 8. The van der Waals surface area contributed by atoms with Gasteiger partial charge >= 0.3 is 5.97 Å². The quantitative estimate of drug-likeness (QED) is 0.371. The molecule has 1 aromatic carbocycles. The van der Waals surface area contributed by atoms with E-state index in [2.05, 4.69) is 9.74 Å². The highest BCUT2D eigenvalue weighted by Crippen LogP contribution is 2.20. The number of nitrogens with zero attached hydrogens (tertiary/aromatic N) is 2. The van der Waals surface area contributed by atoms with E-state index in [1.165, 1.54) is 6.08 Å². The maximum Gasteiger partial charge on any atom is 0.332 e. The zero-order chi connectivity index (χ0) is 18.1. The molecule has 8 heteroatoms. The summed E-state index contributed by atoms with van der Waals surface area (Å²) in [5, 5.41) is 25.9. The Morgan fingerprint density at radius 1 is 1.24 bits per heavy atom. The number of carbonyl (C=O) groups excluding carboxylic acids is 1. The Bertz CT molecular complexity index is 553. The van der Waals surface area contributed by atoms with Gasteiger partial charge < -0.3 is 9.84 Å². The minimum absolute atomic E-state index is 0.180. The molecule has 1 saturated heterocycles. The Kier molecular flexibility index (Phi) is 7.83. The van der Waals surface area contributed by atoms with Crippen LogP contribution in [0.15, 0.2) is 30.3 Å². The lowest BCUT2D eigenvalue weighted by molar-refractivity contribution is -0.492. The molecular formula is C17H24N2O6. The molecule has 1 aromatic rings. The van der Waals surface area contributed by atoms with Crippen molar-refractivity contribution in [1.82, 2.24) is 10.3 Å². The highest BCUT2D eigenvalue weighted by Gasteiger charge is 2.19. The predicted molar refractivity (Wildman–Crippen MR) is 88.4 cm³/mol. The van der Waals surface area contributed by atoms with Crippen molar-refractivity contribution in [3.8, 4) is 5.75 Å². The number of benzene rings is 1. The van der Waals surface area contributed by atoms with Gasteiger partial charge in [-0.15, -0.1) is 0 Å². The van der Waals surface area contributed by atoms with Crippen molar-refractivity contribution in [2.24, 2.45) is 5.92 Å². The van der Waals surface area contributed by atoms with Gasteiger partial charge in [0.25, 0.3) is 0 Å². The van der Waals surface area contributed by atoms with Gasteiger partial charge in [-0.05, 0) is 49.0 Å². The van der Waals surface area contributed by atoms with Crippen molar-refractivity contribution in [3.05, 3.63) is 35.9 Å². The summed E-state index contributed by atoms with van der Waals surface area (Å²) in [7, 11) is 0. The topological polar surface area (TPSA) is 103 Å². The van der Waals surface area contributed by atoms with Gasteiger partial charge in [-0.25, -0.2) is 4.79 Å². The third-order valence-corrected chi connectivity index (χ3v) is 4.13. The lowest BCUT2D eigenvalue weighted by Crippen LogP contribution is -2.36. The molecule has 1 aliphatic heterocycles. The highest BCUT2D eigenvalue weighted by molar-refractivity contribution is 5.87. The Morgan fingerprint density at radius 3 is 2.56 bits per heavy atom. The second kappa shape index (κ2) is 10.1. The summed E-state index contributed by atoms with van der Waals surface area (Å²) in [5.41, 5.74) is 0.808. The molecule has 8 nitrogen and oxygen atoms in total. The van der Waals surface area contributed by atoms with Gasteiger partial charge in [0.1, 0.15) is 12.5 Å². The fourth-order valence-electron chi connectivity index (χ4n) is 2.66. The van der Waals surface area contributed by atoms with E-state index in [-0.39, 0.29) is 24.5 Å². The summed E-state index contributed by atoms with van der Waals surface area (Å²) in [5.74, 6) is 0.232. The Hall–Kier alpha value is -1.97. The molecule has 0 unspecified atom stereocenters. The van der Waals surface area contributed by atoms with E-state index in [1.807, 2.05) is 0 Å². The average molecular weight is 352 g/mol. The molecule has 3 N–H and O–H groups in total. The highest BCUT2D eigenvalue weighted by atomic mass is 17.1. The molecule has 0 spiro atoms. The fourth-order valence-corrected chi connectivity index (χ4v) is 2.66. The molecule has 0 radical (unpaired) electrons. The number of ether oxygens (including phenoxy) is 1. The van der Waals surface area contributed by atoms with E-state index < -0.39 is 5.97 Å². The standard InChI is InChI=1S/C17H24N2O6/c20-16-4-1-14(2-5-16)3-6-17(21)24-13-18-10-7-15(8-11-18)9-12-25-19(22)23/h1-6,15,20,22-23H,7-13H2/b6-3+. The summed E-state index contributed by atoms with van der Waals surface area (Å²) in [6.07, 6.45) is 5.65. The number of carbonyl (C=O) groups is 1. The van der Waals surface area contributed by atoms with Gasteiger partial charge in [-0.2, -0.15) is 0 Å². The van der Waals surface area contributed by atoms with E-state index in [0.29, 0.717) is 5.92 Å². The second-order valence-corrected chi connectivity index (χ2v) is 5.95. The molecule has 1 fully saturated rings. The number of esters is 1. The zero-order valence-electron chi connectivity index (χ0n) is 14.0. The predicted octanol–water partition coefficient (Wildman–Crippen LogP) is 2.02. The van der Waals surface area contributed by atoms with Crippen molar-refractivity contribution in [2.75, 3.05) is 26.4 Å². The fraction of sp³-hybridized carbons (Fsp3) is 0.471.